The third-order valence-corrected chi connectivity index (χ3v) is 8.60. The summed E-state index contributed by atoms with van der Waals surface area (Å²) >= 11 is 0. The van der Waals surface area contributed by atoms with Gasteiger partial charge in [0.1, 0.15) is 11.9 Å². The standard InChI is InChI=1S/C41H30N2O2/c44-41(45-39(30-19-7-2-8-20-30)31-21-9-3-10-22-31)38-37(29-17-5-1-6-18-29)33-25-13-14-26-34(33)40-42(32-23-11-4-12-24-32)35-27-15-16-28-36(35)43(38)40/h1-28,39-40H. The number of esters is 1. The fraction of sp³-hybridized carbons (Fsp3) is 0.0488. The molecule has 4 nitrogen and oxygen atoms in total. The van der Waals surface area contributed by atoms with Gasteiger partial charge in [0.05, 0.1) is 11.4 Å². The summed E-state index contributed by atoms with van der Waals surface area (Å²) in [6.45, 7) is 0. The Morgan fingerprint density at radius 2 is 1.02 bits per heavy atom. The zero-order valence-corrected chi connectivity index (χ0v) is 24.5. The quantitative estimate of drug-likeness (QED) is 0.183. The SMILES string of the molecule is O=C(OC(c1ccccc1)c1ccccc1)C1=C(c2ccccc2)c2ccccc2C2N1c1ccccc1N2c1ccccc1. The van der Waals surface area contributed by atoms with Gasteiger partial charge in [-0.15, -0.1) is 0 Å². The smallest absolute Gasteiger partial charge is 0.356 e. The number of ether oxygens (including phenoxy) is 1. The maximum absolute atomic E-state index is 15.0. The molecule has 0 aliphatic carbocycles. The maximum atomic E-state index is 15.0. The zero-order chi connectivity index (χ0) is 30.2. The Balaban J connectivity index is 1.37. The molecular weight excluding hydrogens is 552 g/mol. The van der Waals surface area contributed by atoms with Crippen LogP contribution in [-0.2, 0) is 9.53 Å². The largest absolute Gasteiger partial charge is 0.448 e. The number of benzene rings is 6. The molecule has 0 aromatic heterocycles. The molecule has 0 bridgehead atoms. The Morgan fingerprint density at radius 3 is 1.64 bits per heavy atom. The molecule has 0 N–H and O–H groups in total. The number of anilines is 3. The molecule has 0 amide bonds. The molecule has 0 saturated heterocycles. The van der Waals surface area contributed by atoms with Crippen molar-refractivity contribution >= 4 is 28.6 Å². The average molecular weight is 583 g/mol. The Hall–Kier alpha value is -5.87. The van der Waals surface area contributed by atoms with E-state index in [0.29, 0.717) is 5.70 Å². The third-order valence-electron chi connectivity index (χ3n) is 8.60. The average Bonchev–Trinajstić information content (AvgIpc) is 3.46. The van der Waals surface area contributed by atoms with Crippen molar-refractivity contribution in [2.75, 3.05) is 9.80 Å². The molecule has 6 aromatic carbocycles. The van der Waals surface area contributed by atoms with E-state index in [9.17, 15) is 0 Å². The van der Waals surface area contributed by atoms with Crippen LogP contribution in [0.4, 0.5) is 17.1 Å². The lowest BCUT2D eigenvalue weighted by Gasteiger charge is -2.40. The summed E-state index contributed by atoms with van der Waals surface area (Å²) in [6, 6.07) is 57.2. The maximum Gasteiger partial charge on any atom is 0.356 e. The van der Waals surface area contributed by atoms with Gasteiger partial charge in [0.25, 0.3) is 0 Å². The third kappa shape index (κ3) is 4.59. The molecule has 2 aliphatic rings. The highest BCUT2D eigenvalue weighted by molar-refractivity contribution is 6.09. The lowest BCUT2D eigenvalue weighted by atomic mass is 9.86. The molecule has 0 spiro atoms. The molecular formula is C41H30N2O2. The second kappa shape index (κ2) is 11.3. The van der Waals surface area contributed by atoms with Crippen LogP contribution in [0.15, 0.2) is 176 Å². The van der Waals surface area contributed by atoms with Gasteiger partial charge < -0.3 is 14.5 Å². The summed E-state index contributed by atoms with van der Waals surface area (Å²) in [6.07, 6.45) is -0.869. The Morgan fingerprint density at radius 1 is 0.533 bits per heavy atom. The minimum absolute atomic E-state index is 0.289. The first kappa shape index (κ1) is 26.7. The molecule has 0 radical (unpaired) electrons. The number of nitrogens with zero attached hydrogens (tertiary/aromatic N) is 2. The van der Waals surface area contributed by atoms with E-state index < -0.39 is 6.10 Å². The number of hydrogen-bond donors (Lipinski definition) is 0. The van der Waals surface area contributed by atoms with Gasteiger partial charge in [-0.1, -0.05) is 146 Å². The summed E-state index contributed by atoms with van der Waals surface area (Å²) in [7, 11) is 0. The van der Waals surface area contributed by atoms with Gasteiger partial charge in [-0.05, 0) is 46.5 Å². The molecule has 1 atom stereocenters. The predicted molar refractivity (Wildman–Crippen MR) is 180 cm³/mol. The van der Waals surface area contributed by atoms with Crippen molar-refractivity contribution in [2.45, 2.75) is 12.3 Å². The first-order valence-electron chi connectivity index (χ1n) is 15.2. The second-order valence-corrected chi connectivity index (χ2v) is 11.2. The topological polar surface area (TPSA) is 32.8 Å². The number of para-hydroxylation sites is 3. The number of rotatable bonds is 6. The van der Waals surface area contributed by atoms with E-state index in [1.54, 1.807) is 0 Å². The van der Waals surface area contributed by atoms with Gasteiger partial charge in [0.15, 0.2) is 6.10 Å². The van der Waals surface area contributed by atoms with Gasteiger partial charge in [0.2, 0.25) is 0 Å². The van der Waals surface area contributed by atoms with Crippen LogP contribution in [0, 0.1) is 0 Å². The molecule has 45 heavy (non-hydrogen) atoms. The van der Waals surface area contributed by atoms with E-state index in [0.717, 1.165) is 50.5 Å². The first-order chi connectivity index (χ1) is 22.3. The molecule has 216 valence electrons. The summed E-state index contributed by atoms with van der Waals surface area (Å²) in [5.74, 6) is -0.379. The van der Waals surface area contributed by atoms with Crippen LogP contribution in [-0.4, -0.2) is 5.97 Å². The van der Waals surface area contributed by atoms with Crippen LogP contribution < -0.4 is 9.80 Å². The Bertz CT molecular complexity index is 1970. The lowest BCUT2D eigenvalue weighted by Crippen LogP contribution is -2.40. The normalized spacial score (nSPS) is 15.0. The zero-order valence-electron chi connectivity index (χ0n) is 24.5. The van der Waals surface area contributed by atoms with E-state index in [4.69, 9.17) is 4.74 Å². The summed E-state index contributed by atoms with van der Waals surface area (Å²) in [4.78, 5) is 19.5. The van der Waals surface area contributed by atoms with Crippen molar-refractivity contribution in [2.24, 2.45) is 0 Å². The van der Waals surface area contributed by atoms with Crippen molar-refractivity contribution in [3.63, 3.8) is 0 Å². The van der Waals surface area contributed by atoms with Crippen molar-refractivity contribution in [3.8, 4) is 0 Å². The number of carbonyl (C=O) groups excluding carboxylic acids is 1. The van der Waals surface area contributed by atoms with Crippen molar-refractivity contribution < 1.29 is 9.53 Å². The summed E-state index contributed by atoms with van der Waals surface area (Å²) in [5, 5.41) is 0. The van der Waals surface area contributed by atoms with E-state index in [1.165, 1.54) is 0 Å². The highest BCUT2D eigenvalue weighted by Gasteiger charge is 2.47. The van der Waals surface area contributed by atoms with Crippen LogP contribution in [0.1, 0.15) is 40.1 Å². The van der Waals surface area contributed by atoms with E-state index >= 15 is 4.79 Å². The van der Waals surface area contributed by atoms with E-state index in [2.05, 4.69) is 82.6 Å². The van der Waals surface area contributed by atoms with Gasteiger partial charge >= 0.3 is 5.97 Å². The first-order valence-corrected chi connectivity index (χ1v) is 15.2. The molecule has 2 heterocycles. The van der Waals surface area contributed by atoms with Crippen LogP contribution in [0.2, 0.25) is 0 Å². The molecule has 1 unspecified atom stereocenters. The lowest BCUT2D eigenvalue weighted by molar-refractivity contribution is -0.142. The molecule has 8 rings (SSSR count). The van der Waals surface area contributed by atoms with Crippen molar-refractivity contribution in [1.29, 1.82) is 0 Å². The minimum atomic E-state index is -0.580. The fourth-order valence-electron chi connectivity index (χ4n) is 6.68. The van der Waals surface area contributed by atoms with Crippen LogP contribution >= 0.6 is 0 Å². The Kier molecular flexibility index (Phi) is 6.73. The van der Waals surface area contributed by atoms with E-state index in [-0.39, 0.29) is 12.1 Å². The summed E-state index contributed by atoms with van der Waals surface area (Å²) in [5.41, 5.74) is 9.35. The highest BCUT2D eigenvalue weighted by Crippen LogP contribution is 2.56. The van der Waals surface area contributed by atoms with Crippen LogP contribution in [0.25, 0.3) is 5.57 Å². The minimum Gasteiger partial charge on any atom is -0.448 e. The van der Waals surface area contributed by atoms with E-state index in [1.807, 2.05) is 97.1 Å². The van der Waals surface area contributed by atoms with Gasteiger partial charge in [-0.2, -0.15) is 0 Å². The Labute approximate surface area is 263 Å². The molecule has 2 aliphatic heterocycles. The second-order valence-electron chi connectivity index (χ2n) is 11.2. The van der Waals surface area contributed by atoms with Crippen molar-refractivity contribution in [3.05, 3.63) is 203 Å². The van der Waals surface area contributed by atoms with Crippen molar-refractivity contribution in [1.82, 2.24) is 0 Å². The molecule has 0 fully saturated rings. The van der Waals surface area contributed by atoms with Gasteiger partial charge in [-0.25, -0.2) is 4.79 Å². The monoisotopic (exact) mass is 582 g/mol. The fourth-order valence-corrected chi connectivity index (χ4v) is 6.68. The summed E-state index contributed by atoms with van der Waals surface area (Å²) < 4.78 is 6.64. The predicted octanol–water partition coefficient (Wildman–Crippen LogP) is 9.45. The van der Waals surface area contributed by atoms with Crippen LogP contribution in [0.3, 0.4) is 0 Å². The van der Waals surface area contributed by atoms with Gasteiger partial charge in [-0.3, -0.25) is 0 Å². The molecule has 6 aromatic rings. The number of carbonyl (C=O) groups is 1. The molecule has 4 heteroatoms. The number of fused-ring (bicyclic) bond motifs is 5. The molecule has 0 saturated carbocycles. The highest BCUT2D eigenvalue weighted by atomic mass is 16.5. The van der Waals surface area contributed by atoms with Crippen LogP contribution in [0.5, 0.6) is 0 Å². The number of hydrogen-bond acceptors (Lipinski definition) is 4. The van der Waals surface area contributed by atoms with Gasteiger partial charge in [0, 0.05) is 16.8 Å².